The van der Waals surface area contributed by atoms with Gasteiger partial charge in [0.25, 0.3) is 0 Å². The van der Waals surface area contributed by atoms with E-state index in [2.05, 4.69) is 53.4 Å². The van der Waals surface area contributed by atoms with Gasteiger partial charge in [0.1, 0.15) is 0 Å². The fourth-order valence-corrected chi connectivity index (χ4v) is 1.79. The van der Waals surface area contributed by atoms with Gasteiger partial charge >= 0.3 is 0 Å². The van der Waals surface area contributed by atoms with Crippen molar-refractivity contribution >= 4 is 0 Å². The average molecular weight is 225 g/mol. The minimum absolute atomic E-state index is 0.414. The number of nitrogens with one attached hydrogen (secondary N) is 1. The van der Waals surface area contributed by atoms with Crippen LogP contribution in [0.1, 0.15) is 60.8 Å². The van der Waals surface area contributed by atoms with Crippen molar-refractivity contribution in [3.05, 3.63) is 12.2 Å². The van der Waals surface area contributed by atoms with Crippen molar-refractivity contribution in [1.29, 1.82) is 0 Å². The number of hydrogen-bond donors (Lipinski definition) is 1. The van der Waals surface area contributed by atoms with E-state index in [4.69, 9.17) is 0 Å². The van der Waals surface area contributed by atoms with Crippen LogP contribution >= 0.6 is 0 Å². The fourth-order valence-electron chi connectivity index (χ4n) is 1.79. The summed E-state index contributed by atoms with van der Waals surface area (Å²) in [6.07, 6.45) is 3.64. The Balaban J connectivity index is 4.16. The SMILES string of the molecule is C=C(C)CCC(CC(C)C(C)(C)C)NCC. The van der Waals surface area contributed by atoms with Crippen molar-refractivity contribution in [2.45, 2.75) is 66.8 Å². The molecule has 0 aromatic rings. The highest BCUT2D eigenvalue weighted by Gasteiger charge is 2.22. The van der Waals surface area contributed by atoms with Crippen molar-refractivity contribution in [2.75, 3.05) is 6.54 Å². The Hall–Kier alpha value is -0.300. The maximum absolute atomic E-state index is 3.99. The molecule has 0 aliphatic heterocycles. The van der Waals surface area contributed by atoms with E-state index in [0.29, 0.717) is 11.5 Å². The van der Waals surface area contributed by atoms with E-state index in [1.54, 1.807) is 0 Å². The van der Waals surface area contributed by atoms with Gasteiger partial charge in [-0.2, -0.15) is 0 Å². The van der Waals surface area contributed by atoms with Gasteiger partial charge in [0.15, 0.2) is 0 Å². The van der Waals surface area contributed by atoms with Gasteiger partial charge in [-0.1, -0.05) is 40.2 Å². The third-order valence-electron chi connectivity index (χ3n) is 3.53. The molecule has 0 aliphatic rings. The summed E-state index contributed by atoms with van der Waals surface area (Å²) in [4.78, 5) is 0. The Kier molecular flexibility index (Phi) is 6.98. The molecule has 1 heteroatoms. The van der Waals surface area contributed by atoms with Gasteiger partial charge in [0.2, 0.25) is 0 Å². The molecule has 0 rings (SSSR count). The van der Waals surface area contributed by atoms with Gasteiger partial charge in [0, 0.05) is 6.04 Å². The van der Waals surface area contributed by atoms with Crippen LogP contribution in [0.15, 0.2) is 12.2 Å². The summed E-state index contributed by atoms with van der Waals surface area (Å²) in [5.41, 5.74) is 1.71. The summed E-state index contributed by atoms with van der Waals surface area (Å²) in [6.45, 7) is 18.7. The van der Waals surface area contributed by atoms with Crippen LogP contribution in [0.5, 0.6) is 0 Å². The van der Waals surface area contributed by atoms with Crippen LogP contribution in [0.2, 0.25) is 0 Å². The average Bonchev–Trinajstić information content (AvgIpc) is 2.12. The molecule has 0 radical (unpaired) electrons. The summed E-state index contributed by atoms with van der Waals surface area (Å²) < 4.78 is 0. The molecule has 0 saturated heterocycles. The van der Waals surface area contributed by atoms with Gasteiger partial charge < -0.3 is 5.32 Å². The highest BCUT2D eigenvalue weighted by molar-refractivity contribution is 4.90. The van der Waals surface area contributed by atoms with Gasteiger partial charge in [-0.05, 0) is 44.1 Å². The number of allylic oxidation sites excluding steroid dienone is 1. The van der Waals surface area contributed by atoms with Crippen LogP contribution < -0.4 is 5.32 Å². The van der Waals surface area contributed by atoms with Gasteiger partial charge in [0.05, 0.1) is 0 Å². The lowest BCUT2D eigenvalue weighted by atomic mass is 9.78. The maximum atomic E-state index is 3.99. The number of rotatable bonds is 7. The monoisotopic (exact) mass is 225 g/mol. The summed E-state index contributed by atoms with van der Waals surface area (Å²) in [6, 6.07) is 0.649. The summed E-state index contributed by atoms with van der Waals surface area (Å²) in [5, 5.41) is 3.60. The molecule has 1 nitrogen and oxygen atoms in total. The second kappa shape index (κ2) is 7.11. The van der Waals surface area contributed by atoms with E-state index >= 15 is 0 Å². The lowest BCUT2D eigenvalue weighted by Gasteiger charge is -2.31. The molecular formula is C15H31N. The lowest BCUT2D eigenvalue weighted by molar-refractivity contribution is 0.219. The number of hydrogen-bond acceptors (Lipinski definition) is 1. The highest BCUT2D eigenvalue weighted by atomic mass is 14.9. The largest absolute Gasteiger partial charge is 0.314 e. The predicted octanol–water partition coefficient (Wildman–Crippen LogP) is 4.39. The second-order valence-corrected chi connectivity index (χ2v) is 6.25. The van der Waals surface area contributed by atoms with E-state index in [-0.39, 0.29) is 0 Å². The first-order valence-electron chi connectivity index (χ1n) is 6.65. The van der Waals surface area contributed by atoms with Crippen LogP contribution in [0.25, 0.3) is 0 Å². The molecule has 1 N–H and O–H groups in total. The Labute approximate surface area is 103 Å². The Morgan fingerprint density at radius 1 is 1.31 bits per heavy atom. The fraction of sp³-hybridized carbons (Fsp3) is 0.867. The smallest absolute Gasteiger partial charge is 0.00727 e. The zero-order valence-electron chi connectivity index (χ0n) is 12.2. The van der Waals surface area contributed by atoms with E-state index in [0.717, 1.165) is 18.9 Å². The van der Waals surface area contributed by atoms with Crippen molar-refractivity contribution in [2.24, 2.45) is 11.3 Å². The van der Waals surface area contributed by atoms with E-state index in [9.17, 15) is 0 Å². The van der Waals surface area contributed by atoms with Crippen molar-refractivity contribution in [3.8, 4) is 0 Å². The van der Waals surface area contributed by atoms with Crippen LogP contribution in [-0.2, 0) is 0 Å². The molecule has 0 heterocycles. The molecular weight excluding hydrogens is 194 g/mol. The second-order valence-electron chi connectivity index (χ2n) is 6.25. The van der Waals surface area contributed by atoms with Crippen molar-refractivity contribution in [1.82, 2.24) is 5.32 Å². The van der Waals surface area contributed by atoms with E-state index < -0.39 is 0 Å². The van der Waals surface area contributed by atoms with Gasteiger partial charge in [-0.3, -0.25) is 0 Å². The van der Waals surface area contributed by atoms with Crippen LogP contribution in [-0.4, -0.2) is 12.6 Å². The molecule has 0 fully saturated rings. The Bertz CT molecular complexity index is 200. The third-order valence-corrected chi connectivity index (χ3v) is 3.53. The van der Waals surface area contributed by atoms with Crippen LogP contribution in [0, 0.1) is 11.3 Å². The minimum Gasteiger partial charge on any atom is -0.314 e. The van der Waals surface area contributed by atoms with Crippen LogP contribution in [0.4, 0.5) is 0 Å². The highest BCUT2D eigenvalue weighted by Crippen LogP contribution is 2.30. The zero-order chi connectivity index (χ0) is 12.8. The van der Waals surface area contributed by atoms with Gasteiger partial charge in [-0.15, -0.1) is 6.58 Å². The van der Waals surface area contributed by atoms with E-state index in [1.807, 2.05) is 0 Å². The van der Waals surface area contributed by atoms with Gasteiger partial charge in [-0.25, -0.2) is 0 Å². The molecule has 0 amide bonds. The van der Waals surface area contributed by atoms with Crippen molar-refractivity contribution in [3.63, 3.8) is 0 Å². The molecule has 0 aliphatic carbocycles. The molecule has 16 heavy (non-hydrogen) atoms. The first-order chi connectivity index (χ1) is 7.27. The molecule has 2 atom stereocenters. The Morgan fingerprint density at radius 3 is 2.25 bits per heavy atom. The molecule has 2 unspecified atom stereocenters. The van der Waals surface area contributed by atoms with Crippen LogP contribution in [0.3, 0.4) is 0 Å². The summed E-state index contributed by atoms with van der Waals surface area (Å²) in [7, 11) is 0. The maximum Gasteiger partial charge on any atom is 0.00727 e. The molecule has 0 saturated carbocycles. The quantitative estimate of drug-likeness (QED) is 0.634. The van der Waals surface area contributed by atoms with Crippen molar-refractivity contribution < 1.29 is 0 Å². The standard InChI is InChI=1S/C15H31N/c1-8-16-14(10-9-12(2)3)11-13(4)15(5,6)7/h13-14,16H,2,8-11H2,1,3-7H3. The minimum atomic E-state index is 0.414. The summed E-state index contributed by atoms with van der Waals surface area (Å²) >= 11 is 0. The first-order valence-corrected chi connectivity index (χ1v) is 6.65. The molecule has 0 aromatic heterocycles. The molecule has 0 bridgehead atoms. The Morgan fingerprint density at radius 2 is 1.88 bits per heavy atom. The first kappa shape index (κ1) is 15.7. The molecule has 0 spiro atoms. The predicted molar refractivity (Wildman–Crippen MR) is 74.7 cm³/mol. The zero-order valence-corrected chi connectivity index (χ0v) is 12.2. The lowest BCUT2D eigenvalue weighted by Crippen LogP contribution is -2.33. The summed E-state index contributed by atoms with van der Waals surface area (Å²) in [5.74, 6) is 0.752. The normalized spacial score (nSPS) is 15.9. The molecule has 0 aromatic carbocycles. The third kappa shape index (κ3) is 7.05. The topological polar surface area (TPSA) is 12.0 Å². The van der Waals surface area contributed by atoms with E-state index in [1.165, 1.54) is 18.4 Å². The molecule has 96 valence electrons.